The van der Waals surface area contributed by atoms with Crippen LogP contribution < -0.4 is 5.73 Å². The van der Waals surface area contributed by atoms with Gasteiger partial charge in [0.25, 0.3) is 0 Å². The molecule has 2 aliphatic rings. The van der Waals surface area contributed by atoms with Crippen molar-refractivity contribution in [2.75, 3.05) is 19.6 Å². The lowest BCUT2D eigenvalue weighted by Gasteiger charge is -2.31. The molecule has 0 radical (unpaired) electrons. The van der Waals surface area contributed by atoms with E-state index in [-0.39, 0.29) is 0 Å². The van der Waals surface area contributed by atoms with Crippen molar-refractivity contribution in [3.05, 3.63) is 41.6 Å². The van der Waals surface area contributed by atoms with E-state index in [0.29, 0.717) is 6.04 Å². The third kappa shape index (κ3) is 3.40. The van der Waals surface area contributed by atoms with Gasteiger partial charge in [-0.2, -0.15) is 5.10 Å². The Labute approximate surface area is 144 Å². The molecule has 0 unspecified atom stereocenters. The van der Waals surface area contributed by atoms with Crippen molar-refractivity contribution in [2.45, 2.75) is 44.6 Å². The number of hydrogen-bond acceptors (Lipinski definition) is 3. The molecule has 3 N–H and O–H groups in total. The molecule has 4 rings (SSSR count). The second-order valence-electron chi connectivity index (χ2n) is 7.49. The van der Waals surface area contributed by atoms with Crippen molar-refractivity contribution < 1.29 is 0 Å². The van der Waals surface area contributed by atoms with Gasteiger partial charge in [0.15, 0.2) is 0 Å². The minimum atomic E-state index is 0.428. The van der Waals surface area contributed by atoms with Crippen LogP contribution in [0.2, 0.25) is 0 Å². The van der Waals surface area contributed by atoms with Crippen LogP contribution in [0.15, 0.2) is 30.3 Å². The van der Waals surface area contributed by atoms with Gasteiger partial charge >= 0.3 is 0 Å². The Balaban J connectivity index is 1.44. The Morgan fingerprint density at radius 1 is 1.12 bits per heavy atom. The molecule has 1 aromatic heterocycles. The van der Waals surface area contributed by atoms with Crippen LogP contribution in [0.3, 0.4) is 0 Å². The van der Waals surface area contributed by atoms with Crippen LogP contribution in [0.4, 0.5) is 0 Å². The van der Waals surface area contributed by atoms with Crippen LogP contribution in [0.25, 0.3) is 11.3 Å². The number of rotatable bonds is 3. The Kier molecular flexibility index (Phi) is 4.67. The molecule has 2 heterocycles. The van der Waals surface area contributed by atoms with E-state index >= 15 is 0 Å². The SMILES string of the molecule is N[C@H]1CCC[C@H](CN2CCc3[nH]nc(-c4ccccc4)c3CC2)C1. The van der Waals surface area contributed by atoms with Crippen LogP contribution in [-0.4, -0.2) is 40.8 Å². The lowest BCUT2D eigenvalue weighted by atomic mass is 9.86. The summed E-state index contributed by atoms with van der Waals surface area (Å²) in [6.07, 6.45) is 7.25. The van der Waals surface area contributed by atoms with Crippen molar-refractivity contribution >= 4 is 0 Å². The van der Waals surface area contributed by atoms with Gasteiger partial charge in [-0.25, -0.2) is 0 Å². The predicted molar refractivity (Wildman–Crippen MR) is 97.8 cm³/mol. The summed E-state index contributed by atoms with van der Waals surface area (Å²) in [5, 5.41) is 7.90. The van der Waals surface area contributed by atoms with Gasteiger partial charge in [-0.3, -0.25) is 5.10 Å². The van der Waals surface area contributed by atoms with Crippen LogP contribution in [0.1, 0.15) is 36.9 Å². The molecular weight excluding hydrogens is 296 g/mol. The first-order valence-corrected chi connectivity index (χ1v) is 9.39. The van der Waals surface area contributed by atoms with E-state index in [9.17, 15) is 0 Å². The molecule has 2 atom stereocenters. The number of hydrogen-bond donors (Lipinski definition) is 2. The van der Waals surface area contributed by atoms with E-state index < -0.39 is 0 Å². The zero-order valence-corrected chi connectivity index (χ0v) is 14.4. The van der Waals surface area contributed by atoms with Crippen LogP contribution >= 0.6 is 0 Å². The molecule has 1 aromatic carbocycles. The number of aromatic nitrogens is 2. The van der Waals surface area contributed by atoms with Gasteiger partial charge in [0.05, 0.1) is 5.69 Å². The second kappa shape index (κ2) is 7.08. The van der Waals surface area contributed by atoms with Crippen molar-refractivity contribution in [3.63, 3.8) is 0 Å². The molecule has 1 fully saturated rings. The van der Waals surface area contributed by atoms with E-state index in [1.54, 1.807) is 0 Å². The summed E-state index contributed by atoms with van der Waals surface area (Å²) in [4.78, 5) is 2.64. The number of nitrogens with zero attached hydrogens (tertiary/aromatic N) is 2. The van der Waals surface area contributed by atoms with E-state index in [2.05, 4.69) is 45.4 Å². The zero-order chi connectivity index (χ0) is 16.4. The van der Waals surface area contributed by atoms with Gasteiger partial charge < -0.3 is 10.6 Å². The molecule has 1 aliphatic carbocycles. The van der Waals surface area contributed by atoms with E-state index in [4.69, 9.17) is 5.73 Å². The molecule has 0 amide bonds. The van der Waals surface area contributed by atoms with Gasteiger partial charge in [0.2, 0.25) is 0 Å². The predicted octanol–water partition coefficient (Wildman–Crippen LogP) is 2.99. The van der Waals surface area contributed by atoms with Crippen LogP contribution in [-0.2, 0) is 12.8 Å². The number of aromatic amines is 1. The quantitative estimate of drug-likeness (QED) is 0.912. The maximum absolute atomic E-state index is 6.17. The van der Waals surface area contributed by atoms with Crippen molar-refractivity contribution in [1.82, 2.24) is 15.1 Å². The number of nitrogens with one attached hydrogen (secondary N) is 1. The van der Waals surface area contributed by atoms with Gasteiger partial charge in [0.1, 0.15) is 0 Å². The maximum Gasteiger partial charge on any atom is 0.0955 e. The van der Waals surface area contributed by atoms with Crippen molar-refractivity contribution in [1.29, 1.82) is 0 Å². The molecule has 128 valence electrons. The maximum atomic E-state index is 6.17. The summed E-state index contributed by atoms with van der Waals surface area (Å²) in [5.74, 6) is 0.789. The lowest BCUT2D eigenvalue weighted by molar-refractivity contribution is 0.198. The van der Waals surface area contributed by atoms with Gasteiger partial charge in [-0.1, -0.05) is 36.8 Å². The van der Waals surface area contributed by atoms with Crippen LogP contribution in [0.5, 0.6) is 0 Å². The Morgan fingerprint density at radius 2 is 1.96 bits per heavy atom. The Bertz CT molecular complexity index is 664. The molecule has 1 aliphatic heterocycles. The topological polar surface area (TPSA) is 57.9 Å². The third-order valence-electron chi connectivity index (χ3n) is 5.70. The minimum Gasteiger partial charge on any atom is -0.328 e. The Hall–Kier alpha value is -1.65. The normalized spacial score (nSPS) is 25.2. The third-order valence-corrected chi connectivity index (χ3v) is 5.70. The molecule has 1 saturated carbocycles. The fourth-order valence-corrected chi connectivity index (χ4v) is 4.41. The number of benzene rings is 1. The first-order valence-electron chi connectivity index (χ1n) is 9.39. The zero-order valence-electron chi connectivity index (χ0n) is 14.4. The van der Waals surface area contributed by atoms with E-state index in [0.717, 1.165) is 37.5 Å². The molecule has 0 bridgehead atoms. The molecule has 24 heavy (non-hydrogen) atoms. The molecule has 0 saturated heterocycles. The lowest BCUT2D eigenvalue weighted by Crippen LogP contribution is -2.37. The van der Waals surface area contributed by atoms with Gasteiger partial charge in [-0.15, -0.1) is 0 Å². The van der Waals surface area contributed by atoms with Gasteiger partial charge in [-0.05, 0) is 31.6 Å². The molecule has 2 aromatic rings. The first kappa shape index (κ1) is 15.9. The summed E-state index contributed by atoms with van der Waals surface area (Å²) in [6.45, 7) is 3.49. The highest BCUT2D eigenvalue weighted by molar-refractivity contribution is 5.64. The van der Waals surface area contributed by atoms with Crippen molar-refractivity contribution in [2.24, 2.45) is 11.7 Å². The largest absolute Gasteiger partial charge is 0.328 e. The fraction of sp³-hybridized carbons (Fsp3) is 0.550. The smallest absolute Gasteiger partial charge is 0.0955 e. The number of nitrogens with two attached hydrogens (primary N) is 1. The average Bonchev–Trinajstić information content (AvgIpc) is 2.91. The molecule has 0 spiro atoms. The first-order chi connectivity index (χ1) is 11.8. The number of H-pyrrole nitrogens is 1. The molecule has 4 heteroatoms. The minimum absolute atomic E-state index is 0.428. The van der Waals surface area contributed by atoms with E-state index in [1.807, 2.05) is 0 Å². The monoisotopic (exact) mass is 324 g/mol. The summed E-state index contributed by atoms with van der Waals surface area (Å²) in [6, 6.07) is 11.0. The van der Waals surface area contributed by atoms with Gasteiger partial charge in [0, 0.05) is 48.9 Å². The van der Waals surface area contributed by atoms with Crippen LogP contribution in [0, 0.1) is 5.92 Å². The fourth-order valence-electron chi connectivity index (χ4n) is 4.41. The highest BCUT2D eigenvalue weighted by atomic mass is 15.2. The average molecular weight is 324 g/mol. The van der Waals surface area contributed by atoms with E-state index in [1.165, 1.54) is 49.0 Å². The standard InChI is InChI=1S/C20H28N4/c21-17-8-4-5-15(13-17)14-24-11-9-18-19(10-12-24)22-23-20(18)16-6-2-1-3-7-16/h1-3,6-7,15,17H,4-5,8-14,21H2,(H,22,23)/t15-,17-/m0/s1. The van der Waals surface area contributed by atoms with Crippen molar-refractivity contribution in [3.8, 4) is 11.3 Å². The molecular formula is C20H28N4. The summed E-state index contributed by atoms with van der Waals surface area (Å²) >= 11 is 0. The summed E-state index contributed by atoms with van der Waals surface area (Å²) < 4.78 is 0. The highest BCUT2D eigenvalue weighted by Crippen LogP contribution is 2.28. The second-order valence-corrected chi connectivity index (χ2v) is 7.49. The summed E-state index contributed by atoms with van der Waals surface area (Å²) in [5.41, 5.74) is 11.3. The molecule has 4 nitrogen and oxygen atoms in total. The summed E-state index contributed by atoms with van der Waals surface area (Å²) in [7, 11) is 0. The number of fused-ring (bicyclic) bond motifs is 1. The Morgan fingerprint density at radius 3 is 2.79 bits per heavy atom. The highest BCUT2D eigenvalue weighted by Gasteiger charge is 2.24.